The van der Waals surface area contributed by atoms with E-state index in [9.17, 15) is 4.79 Å². The van der Waals surface area contributed by atoms with Gasteiger partial charge < -0.3 is 15.0 Å². The summed E-state index contributed by atoms with van der Waals surface area (Å²) in [6.07, 6.45) is 5.68. The number of aryl methyl sites for hydroxylation is 1. The Morgan fingerprint density at radius 2 is 2.14 bits per heavy atom. The number of methoxy groups -OCH3 is 1. The van der Waals surface area contributed by atoms with Crippen LogP contribution in [0.15, 0.2) is 18.2 Å². The van der Waals surface area contributed by atoms with Crippen molar-refractivity contribution < 1.29 is 9.53 Å². The zero-order valence-electron chi connectivity index (χ0n) is 12.7. The van der Waals surface area contributed by atoms with Crippen molar-refractivity contribution in [3.05, 3.63) is 29.3 Å². The molecule has 1 aliphatic carbocycles. The number of amides is 1. The predicted molar refractivity (Wildman–Crippen MR) is 82.5 cm³/mol. The summed E-state index contributed by atoms with van der Waals surface area (Å²) in [5.74, 6) is 1.14. The van der Waals surface area contributed by atoms with Crippen molar-refractivity contribution in [2.45, 2.75) is 38.1 Å². The van der Waals surface area contributed by atoms with Crippen molar-refractivity contribution in [1.29, 1.82) is 0 Å². The number of carbonyl (C=O) groups excluding carboxylic acids is 1. The van der Waals surface area contributed by atoms with Crippen molar-refractivity contribution in [2.24, 2.45) is 0 Å². The Morgan fingerprint density at radius 3 is 2.90 bits per heavy atom. The van der Waals surface area contributed by atoms with Crippen LogP contribution in [0.25, 0.3) is 0 Å². The molecule has 21 heavy (non-hydrogen) atoms. The average molecular weight is 288 g/mol. The van der Waals surface area contributed by atoms with E-state index in [1.54, 1.807) is 7.11 Å². The lowest BCUT2D eigenvalue weighted by atomic mass is 9.87. The van der Waals surface area contributed by atoms with Crippen LogP contribution in [-0.4, -0.2) is 37.6 Å². The van der Waals surface area contributed by atoms with E-state index in [0.717, 1.165) is 44.5 Å². The summed E-state index contributed by atoms with van der Waals surface area (Å²) in [4.78, 5) is 14.1. The van der Waals surface area contributed by atoms with E-state index in [0.29, 0.717) is 6.54 Å². The SMILES string of the molecule is COc1ccc2c(c1)C(NCC(=O)N1CCCC1)CCC2. The van der Waals surface area contributed by atoms with E-state index >= 15 is 0 Å². The number of fused-ring (bicyclic) bond motifs is 1. The van der Waals surface area contributed by atoms with Gasteiger partial charge >= 0.3 is 0 Å². The monoisotopic (exact) mass is 288 g/mol. The second kappa shape index (κ2) is 6.48. The number of rotatable bonds is 4. The molecule has 114 valence electrons. The molecule has 1 unspecified atom stereocenters. The highest BCUT2D eigenvalue weighted by Gasteiger charge is 2.23. The van der Waals surface area contributed by atoms with Crippen LogP contribution in [-0.2, 0) is 11.2 Å². The van der Waals surface area contributed by atoms with Crippen molar-refractivity contribution >= 4 is 5.91 Å². The number of benzene rings is 1. The first kappa shape index (κ1) is 14.4. The molecule has 1 fully saturated rings. The van der Waals surface area contributed by atoms with Crippen LogP contribution in [0.3, 0.4) is 0 Å². The smallest absolute Gasteiger partial charge is 0.236 e. The van der Waals surface area contributed by atoms with Gasteiger partial charge in [-0.2, -0.15) is 0 Å². The molecular formula is C17H24N2O2. The average Bonchev–Trinajstić information content (AvgIpc) is 3.06. The first-order valence-corrected chi connectivity index (χ1v) is 7.96. The zero-order chi connectivity index (χ0) is 14.7. The number of ether oxygens (including phenoxy) is 1. The molecule has 1 aromatic rings. The summed E-state index contributed by atoms with van der Waals surface area (Å²) < 4.78 is 5.33. The van der Waals surface area contributed by atoms with E-state index in [4.69, 9.17) is 4.74 Å². The maximum atomic E-state index is 12.2. The molecule has 1 amide bonds. The number of likely N-dealkylation sites (tertiary alicyclic amines) is 1. The highest BCUT2D eigenvalue weighted by molar-refractivity contribution is 5.78. The second-order valence-corrected chi connectivity index (χ2v) is 5.98. The zero-order valence-corrected chi connectivity index (χ0v) is 12.7. The lowest BCUT2D eigenvalue weighted by Crippen LogP contribution is -2.38. The van der Waals surface area contributed by atoms with Crippen molar-refractivity contribution in [3.8, 4) is 5.75 Å². The molecule has 0 aromatic heterocycles. The Balaban J connectivity index is 1.65. The number of nitrogens with zero attached hydrogens (tertiary/aromatic N) is 1. The highest BCUT2D eigenvalue weighted by Crippen LogP contribution is 2.32. The normalized spacial score (nSPS) is 21.2. The van der Waals surface area contributed by atoms with Gasteiger partial charge in [0, 0.05) is 19.1 Å². The van der Waals surface area contributed by atoms with Gasteiger partial charge in [-0.3, -0.25) is 4.79 Å². The second-order valence-electron chi connectivity index (χ2n) is 5.98. The van der Waals surface area contributed by atoms with E-state index in [2.05, 4.69) is 17.4 Å². The van der Waals surface area contributed by atoms with Gasteiger partial charge in [0.2, 0.25) is 5.91 Å². The van der Waals surface area contributed by atoms with Crippen LogP contribution in [0.2, 0.25) is 0 Å². The van der Waals surface area contributed by atoms with Gasteiger partial charge in [-0.25, -0.2) is 0 Å². The first-order valence-electron chi connectivity index (χ1n) is 7.96. The number of nitrogens with one attached hydrogen (secondary N) is 1. The van der Waals surface area contributed by atoms with Gasteiger partial charge in [-0.1, -0.05) is 6.07 Å². The minimum Gasteiger partial charge on any atom is -0.497 e. The Labute approximate surface area is 126 Å². The molecule has 2 aliphatic rings. The summed E-state index contributed by atoms with van der Waals surface area (Å²) in [5, 5.41) is 3.46. The van der Waals surface area contributed by atoms with Gasteiger partial charge in [0.25, 0.3) is 0 Å². The van der Waals surface area contributed by atoms with Crippen LogP contribution < -0.4 is 10.1 Å². The quantitative estimate of drug-likeness (QED) is 0.924. The van der Waals surface area contributed by atoms with Crippen LogP contribution >= 0.6 is 0 Å². The summed E-state index contributed by atoms with van der Waals surface area (Å²) in [7, 11) is 1.70. The molecule has 0 saturated carbocycles. The van der Waals surface area contributed by atoms with Gasteiger partial charge in [-0.15, -0.1) is 0 Å². The Bertz CT molecular complexity index is 510. The van der Waals surface area contributed by atoms with Gasteiger partial charge in [0.15, 0.2) is 0 Å². The predicted octanol–water partition coefficient (Wildman–Crippen LogP) is 2.28. The van der Waals surface area contributed by atoms with E-state index in [1.807, 2.05) is 11.0 Å². The topological polar surface area (TPSA) is 41.6 Å². The lowest BCUT2D eigenvalue weighted by Gasteiger charge is -2.27. The molecule has 0 radical (unpaired) electrons. The van der Waals surface area contributed by atoms with Gasteiger partial charge in [-0.05, 0) is 55.4 Å². The molecule has 0 spiro atoms. The molecule has 3 rings (SSSR count). The Morgan fingerprint density at radius 1 is 1.33 bits per heavy atom. The Hall–Kier alpha value is -1.55. The van der Waals surface area contributed by atoms with Crippen molar-refractivity contribution in [1.82, 2.24) is 10.2 Å². The Kier molecular flexibility index (Phi) is 4.44. The summed E-state index contributed by atoms with van der Waals surface area (Å²) >= 11 is 0. The third-order valence-electron chi connectivity index (χ3n) is 4.63. The van der Waals surface area contributed by atoms with E-state index < -0.39 is 0 Å². The fraction of sp³-hybridized carbons (Fsp3) is 0.588. The van der Waals surface area contributed by atoms with E-state index in [1.165, 1.54) is 17.5 Å². The molecule has 1 saturated heterocycles. The lowest BCUT2D eigenvalue weighted by molar-refractivity contribution is -0.129. The number of hydrogen-bond acceptors (Lipinski definition) is 3. The molecule has 1 heterocycles. The molecular weight excluding hydrogens is 264 g/mol. The minimum atomic E-state index is 0.238. The highest BCUT2D eigenvalue weighted by atomic mass is 16.5. The summed E-state index contributed by atoms with van der Waals surface area (Å²) in [6.45, 7) is 2.30. The molecule has 1 N–H and O–H groups in total. The third kappa shape index (κ3) is 3.21. The fourth-order valence-electron chi connectivity index (χ4n) is 3.41. The summed E-state index contributed by atoms with van der Waals surface area (Å²) in [6, 6.07) is 6.57. The number of carbonyl (C=O) groups is 1. The van der Waals surface area contributed by atoms with Crippen LogP contribution in [0, 0.1) is 0 Å². The molecule has 1 aliphatic heterocycles. The molecule has 4 heteroatoms. The minimum absolute atomic E-state index is 0.238. The van der Waals surface area contributed by atoms with Crippen LogP contribution in [0.4, 0.5) is 0 Å². The summed E-state index contributed by atoms with van der Waals surface area (Å²) in [5.41, 5.74) is 2.68. The number of hydrogen-bond donors (Lipinski definition) is 1. The van der Waals surface area contributed by atoms with Gasteiger partial charge in [0.1, 0.15) is 5.75 Å². The maximum absolute atomic E-state index is 12.2. The third-order valence-corrected chi connectivity index (χ3v) is 4.63. The van der Waals surface area contributed by atoms with E-state index in [-0.39, 0.29) is 11.9 Å². The maximum Gasteiger partial charge on any atom is 0.236 e. The van der Waals surface area contributed by atoms with Gasteiger partial charge in [0.05, 0.1) is 13.7 Å². The van der Waals surface area contributed by atoms with Crippen LogP contribution in [0.5, 0.6) is 5.75 Å². The fourth-order valence-corrected chi connectivity index (χ4v) is 3.41. The first-order chi connectivity index (χ1) is 10.3. The van der Waals surface area contributed by atoms with Crippen molar-refractivity contribution in [2.75, 3.05) is 26.7 Å². The standard InChI is InChI=1S/C17H24N2O2/c1-21-14-8-7-13-5-4-6-16(15(13)11-14)18-12-17(20)19-9-2-3-10-19/h7-8,11,16,18H,2-6,9-10,12H2,1H3. The molecule has 1 aromatic carbocycles. The largest absolute Gasteiger partial charge is 0.497 e. The van der Waals surface area contributed by atoms with Crippen molar-refractivity contribution in [3.63, 3.8) is 0 Å². The van der Waals surface area contributed by atoms with Crippen LogP contribution in [0.1, 0.15) is 42.9 Å². The molecule has 0 bridgehead atoms. The molecule has 1 atom stereocenters. The molecule has 4 nitrogen and oxygen atoms in total.